The predicted octanol–water partition coefficient (Wildman–Crippen LogP) is 3.99. The van der Waals surface area contributed by atoms with Gasteiger partial charge in [-0.2, -0.15) is 4.98 Å². The van der Waals surface area contributed by atoms with Crippen molar-refractivity contribution in [3.63, 3.8) is 0 Å². The van der Waals surface area contributed by atoms with E-state index in [1.165, 1.54) is 19.3 Å². The maximum Gasteiger partial charge on any atom is 0.315 e. The number of hydrogen-bond acceptors (Lipinski definition) is 6. The van der Waals surface area contributed by atoms with E-state index in [1.54, 1.807) is 7.11 Å². The normalized spacial score (nSPS) is 13.9. The molecule has 186 valence electrons. The van der Waals surface area contributed by atoms with Gasteiger partial charge in [-0.15, -0.1) is 0 Å². The molecule has 1 fully saturated rings. The summed E-state index contributed by atoms with van der Waals surface area (Å²) in [5.74, 6) is 2.00. The van der Waals surface area contributed by atoms with Crippen LogP contribution in [0.5, 0.6) is 5.75 Å². The minimum Gasteiger partial charge on any atom is -0.497 e. The van der Waals surface area contributed by atoms with Gasteiger partial charge in [0.2, 0.25) is 17.6 Å². The van der Waals surface area contributed by atoms with Gasteiger partial charge in [-0.25, -0.2) is 4.79 Å². The van der Waals surface area contributed by atoms with Crippen LogP contribution in [0.1, 0.15) is 70.1 Å². The first-order valence-electron chi connectivity index (χ1n) is 12.4. The average molecular weight is 472 g/mol. The summed E-state index contributed by atoms with van der Waals surface area (Å²) in [4.78, 5) is 28.3. The van der Waals surface area contributed by atoms with Crippen LogP contribution in [0, 0.1) is 0 Å². The van der Waals surface area contributed by atoms with Crippen LogP contribution in [-0.2, 0) is 11.2 Å². The van der Waals surface area contributed by atoms with Crippen molar-refractivity contribution in [3.05, 3.63) is 30.2 Å². The molecule has 0 radical (unpaired) electrons. The van der Waals surface area contributed by atoms with Gasteiger partial charge in [-0.1, -0.05) is 30.8 Å². The molecule has 0 aliphatic heterocycles. The summed E-state index contributed by atoms with van der Waals surface area (Å²) >= 11 is 0. The molecular formula is C25H37N5O4. The van der Waals surface area contributed by atoms with Crippen molar-refractivity contribution in [2.45, 2.75) is 76.7 Å². The van der Waals surface area contributed by atoms with Crippen molar-refractivity contribution in [2.24, 2.45) is 0 Å². The lowest BCUT2D eigenvalue weighted by molar-refractivity contribution is -0.121. The Labute approximate surface area is 201 Å². The molecule has 1 saturated carbocycles. The number of carbonyl (C=O) groups excluding carboxylic acids is 2. The van der Waals surface area contributed by atoms with E-state index in [-0.39, 0.29) is 11.9 Å². The number of aryl methyl sites for hydroxylation is 1. The molecule has 3 amide bonds. The number of urea groups is 1. The standard InChI is InChI=1S/C25H37N5O4/c1-33-21-15-13-19(14-16-21)24-29-23(34-30-24)12-6-3-7-17-26-22(31)11-8-18-27-25(32)28-20-9-4-2-5-10-20/h13-16,20H,2-12,17-18H2,1H3,(H,26,31)(H2,27,28,32). The van der Waals surface area contributed by atoms with Crippen molar-refractivity contribution >= 4 is 11.9 Å². The molecule has 2 aromatic rings. The molecule has 1 aromatic carbocycles. The van der Waals surface area contributed by atoms with Crippen LogP contribution in [0.2, 0.25) is 0 Å². The number of ether oxygens (including phenoxy) is 1. The summed E-state index contributed by atoms with van der Waals surface area (Å²) in [5.41, 5.74) is 0.888. The van der Waals surface area contributed by atoms with Gasteiger partial charge in [-0.3, -0.25) is 4.79 Å². The molecule has 0 spiro atoms. The van der Waals surface area contributed by atoms with Crippen LogP contribution in [0.25, 0.3) is 11.4 Å². The van der Waals surface area contributed by atoms with Crippen LogP contribution in [0.15, 0.2) is 28.8 Å². The Hall–Kier alpha value is -3.10. The third-order valence-corrected chi connectivity index (χ3v) is 6.01. The van der Waals surface area contributed by atoms with Gasteiger partial charge < -0.3 is 25.2 Å². The zero-order chi connectivity index (χ0) is 24.0. The monoisotopic (exact) mass is 471 g/mol. The smallest absolute Gasteiger partial charge is 0.315 e. The summed E-state index contributed by atoms with van der Waals surface area (Å²) in [7, 11) is 1.63. The van der Waals surface area contributed by atoms with Gasteiger partial charge >= 0.3 is 6.03 Å². The lowest BCUT2D eigenvalue weighted by Crippen LogP contribution is -2.43. The Morgan fingerprint density at radius 3 is 2.53 bits per heavy atom. The number of aromatic nitrogens is 2. The topological polar surface area (TPSA) is 118 Å². The third kappa shape index (κ3) is 9.03. The zero-order valence-corrected chi connectivity index (χ0v) is 20.1. The fourth-order valence-corrected chi connectivity index (χ4v) is 4.04. The Morgan fingerprint density at radius 2 is 1.76 bits per heavy atom. The number of hydrogen-bond donors (Lipinski definition) is 3. The molecule has 0 unspecified atom stereocenters. The van der Waals surface area contributed by atoms with E-state index in [2.05, 4.69) is 26.1 Å². The van der Waals surface area contributed by atoms with E-state index in [0.717, 1.165) is 43.4 Å². The second kappa shape index (κ2) is 14.2. The maximum atomic E-state index is 12.0. The molecule has 9 heteroatoms. The first kappa shape index (κ1) is 25.5. The number of carbonyl (C=O) groups is 2. The van der Waals surface area contributed by atoms with E-state index in [0.29, 0.717) is 50.1 Å². The molecule has 9 nitrogen and oxygen atoms in total. The van der Waals surface area contributed by atoms with E-state index in [4.69, 9.17) is 9.26 Å². The fourth-order valence-electron chi connectivity index (χ4n) is 4.04. The third-order valence-electron chi connectivity index (χ3n) is 6.01. The second-order valence-electron chi connectivity index (χ2n) is 8.74. The van der Waals surface area contributed by atoms with Crippen molar-refractivity contribution in [3.8, 4) is 17.1 Å². The van der Waals surface area contributed by atoms with Gasteiger partial charge in [0, 0.05) is 37.5 Å². The fraction of sp³-hybridized carbons (Fsp3) is 0.600. The molecule has 0 atom stereocenters. The van der Waals surface area contributed by atoms with E-state index in [1.807, 2.05) is 24.3 Å². The Morgan fingerprint density at radius 1 is 1.00 bits per heavy atom. The Bertz CT molecular complexity index is 878. The van der Waals surface area contributed by atoms with Gasteiger partial charge in [0.25, 0.3) is 0 Å². The number of rotatable bonds is 13. The van der Waals surface area contributed by atoms with Gasteiger partial charge in [0.15, 0.2) is 0 Å². The predicted molar refractivity (Wildman–Crippen MR) is 129 cm³/mol. The summed E-state index contributed by atoms with van der Waals surface area (Å²) in [5, 5.41) is 12.8. The molecule has 3 rings (SSSR count). The van der Waals surface area contributed by atoms with Gasteiger partial charge in [0.05, 0.1) is 7.11 Å². The number of benzene rings is 1. The minimum atomic E-state index is -0.121. The number of unbranched alkanes of at least 4 members (excludes halogenated alkanes) is 2. The van der Waals surface area contributed by atoms with Crippen LogP contribution in [0.3, 0.4) is 0 Å². The van der Waals surface area contributed by atoms with Gasteiger partial charge in [0.1, 0.15) is 5.75 Å². The lowest BCUT2D eigenvalue weighted by Gasteiger charge is -2.22. The first-order valence-corrected chi connectivity index (χ1v) is 12.4. The van der Waals surface area contributed by atoms with Crippen molar-refractivity contribution < 1.29 is 18.8 Å². The van der Waals surface area contributed by atoms with E-state index < -0.39 is 0 Å². The number of nitrogens with one attached hydrogen (secondary N) is 3. The van der Waals surface area contributed by atoms with Crippen LogP contribution >= 0.6 is 0 Å². The molecule has 34 heavy (non-hydrogen) atoms. The summed E-state index contributed by atoms with van der Waals surface area (Å²) in [6, 6.07) is 7.71. The van der Waals surface area contributed by atoms with Crippen LogP contribution in [-0.4, -0.2) is 48.3 Å². The van der Waals surface area contributed by atoms with Crippen LogP contribution < -0.4 is 20.7 Å². The first-order chi connectivity index (χ1) is 16.6. The highest BCUT2D eigenvalue weighted by Crippen LogP contribution is 2.20. The van der Waals surface area contributed by atoms with Crippen LogP contribution in [0.4, 0.5) is 4.79 Å². The Balaban J connectivity index is 1.18. The van der Waals surface area contributed by atoms with E-state index in [9.17, 15) is 9.59 Å². The average Bonchev–Trinajstić information content (AvgIpc) is 3.33. The van der Waals surface area contributed by atoms with E-state index >= 15 is 0 Å². The summed E-state index contributed by atoms with van der Waals surface area (Å²) < 4.78 is 10.5. The Kier molecular flexibility index (Phi) is 10.7. The number of methoxy groups -OCH3 is 1. The molecule has 1 aliphatic carbocycles. The molecule has 1 heterocycles. The molecule has 0 saturated heterocycles. The molecule has 1 aliphatic rings. The maximum absolute atomic E-state index is 12.0. The zero-order valence-electron chi connectivity index (χ0n) is 20.1. The quantitative estimate of drug-likeness (QED) is 0.380. The highest BCUT2D eigenvalue weighted by Gasteiger charge is 2.15. The molecule has 3 N–H and O–H groups in total. The molecule has 0 bridgehead atoms. The van der Waals surface area contributed by atoms with Crippen molar-refractivity contribution in [2.75, 3.05) is 20.2 Å². The van der Waals surface area contributed by atoms with Crippen molar-refractivity contribution in [1.82, 2.24) is 26.1 Å². The minimum absolute atomic E-state index is 0.0236. The molecule has 1 aromatic heterocycles. The molecular weight excluding hydrogens is 434 g/mol. The summed E-state index contributed by atoms with van der Waals surface area (Å²) in [6.45, 7) is 1.16. The highest BCUT2D eigenvalue weighted by atomic mass is 16.5. The highest BCUT2D eigenvalue weighted by molar-refractivity contribution is 5.76. The van der Waals surface area contributed by atoms with Crippen molar-refractivity contribution in [1.29, 1.82) is 0 Å². The second-order valence-corrected chi connectivity index (χ2v) is 8.74. The SMILES string of the molecule is COc1ccc(-c2noc(CCCCCNC(=O)CCCNC(=O)NC3CCCCC3)n2)cc1. The summed E-state index contributed by atoms with van der Waals surface area (Å²) in [6.07, 6.45) is 10.3. The van der Waals surface area contributed by atoms with Gasteiger partial charge in [-0.05, 0) is 56.4 Å². The number of nitrogens with zero attached hydrogens (tertiary/aromatic N) is 2. The number of amides is 3. The largest absolute Gasteiger partial charge is 0.497 e. The lowest BCUT2D eigenvalue weighted by atomic mass is 9.96.